The molecule has 0 aliphatic carbocycles. The van der Waals surface area contributed by atoms with E-state index in [1.165, 1.54) is 11.3 Å². The van der Waals surface area contributed by atoms with Gasteiger partial charge in [0.15, 0.2) is 0 Å². The highest BCUT2D eigenvalue weighted by Gasteiger charge is 2.33. The first-order valence-electron chi connectivity index (χ1n) is 5.91. The van der Waals surface area contributed by atoms with Crippen molar-refractivity contribution < 1.29 is 4.74 Å². The highest BCUT2D eigenvalue weighted by Crippen LogP contribution is 2.28. The molecule has 1 atom stereocenters. The van der Waals surface area contributed by atoms with Gasteiger partial charge in [0.2, 0.25) is 0 Å². The third kappa shape index (κ3) is 2.99. The topological polar surface area (TPSA) is 25.4 Å². The Labute approximate surface area is 111 Å². The number of alkyl halides is 1. The first-order chi connectivity index (χ1) is 8.02. The summed E-state index contributed by atoms with van der Waals surface area (Å²) in [6.45, 7) is 8.24. The molecule has 0 amide bonds. The Kier molecular flexibility index (Phi) is 3.73. The van der Waals surface area contributed by atoms with Crippen molar-refractivity contribution in [2.75, 3.05) is 23.3 Å². The number of pyridine rings is 1. The zero-order valence-corrected chi connectivity index (χ0v) is 12.2. The average Bonchev–Trinajstić information content (AvgIpc) is 2.27. The van der Waals surface area contributed by atoms with Crippen LogP contribution >= 0.6 is 15.9 Å². The monoisotopic (exact) mass is 298 g/mol. The molecule has 1 fully saturated rings. The van der Waals surface area contributed by atoms with E-state index in [0.717, 1.165) is 18.4 Å². The maximum atomic E-state index is 6.01. The molecular weight excluding hydrogens is 280 g/mol. The van der Waals surface area contributed by atoms with Gasteiger partial charge in [0.1, 0.15) is 0 Å². The Balaban J connectivity index is 2.24. The molecular formula is C13H19BrN2O. The summed E-state index contributed by atoms with van der Waals surface area (Å²) in [7, 11) is 0. The maximum absolute atomic E-state index is 6.01. The van der Waals surface area contributed by atoms with Crippen LogP contribution in [0.4, 0.5) is 5.69 Å². The molecule has 1 aliphatic heterocycles. The van der Waals surface area contributed by atoms with Crippen LogP contribution in [0.25, 0.3) is 0 Å². The molecule has 3 nitrogen and oxygen atoms in total. The van der Waals surface area contributed by atoms with E-state index in [1.807, 2.05) is 12.4 Å². The quantitative estimate of drug-likeness (QED) is 0.785. The van der Waals surface area contributed by atoms with E-state index in [0.29, 0.717) is 0 Å². The Bertz CT molecular complexity index is 395. The smallest absolute Gasteiger partial charge is 0.0854 e. The number of morpholine rings is 1. The molecule has 2 heterocycles. The standard InChI is InChI=1S/C13H19BrN2O/c1-10-7-15-5-4-12(10)16-8-11(6-14)17-13(2,3)9-16/h4-5,7,11H,6,8-9H2,1-3H3. The number of rotatable bonds is 2. The fraction of sp³-hybridized carbons (Fsp3) is 0.615. The lowest BCUT2D eigenvalue weighted by molar-refractivity contribution is -0.0724. The lowest BCUT2D eigenvalue weighted by Crippen LogP contribution is -2.53. The number of hydrogen-bond donors (Lipinski definition) is 0. The third-order valence-corrected chi connectivity index (χ3v) is 3.71. The van der Waals surface area contributed by atoms with Gasteiger partial charge in [-0.25, -0.2) is 0 Å². The summed E-state index contributed by atoms with van der Waals surface area (Å²) in [5, 5.41) is 0.872. The number of aryl methyl sites for hydroxylation is 1. The Morgan fingerprint density at radius 1 is 1.59 bits per heavy atom. The van der Waals surface area contributed by atoms with E-state index < -0.39 is 0 Å². The fourth-order valence-corrected chi connectivity index (χ4v) is 2.72. The van der Waals surface area contributed by atoms with Crippen LogP contribution in [0.3, 0.4) is 0 Å². The molecule has 1 saturated heterocycles. The van der Waals surface area contributed by atoms with Gasteiger partial charge in [0.05, 0.1) is 11.7 Å². The van der Waals surface area contributed by atoms with Crippen LogP contribution in [0, 0.1) is 6.92 Å². The third-order valence-electron chi connectivity index (χ3n) is 2.98. The first-order valence-corrected chi connectivity index (χ1v) is 7.03. The molecule has 0 saturated carbocycles. The summed E-state index contributed by atoms with van der Waals surface area (Å²) < 4.78 is 6.01. The molecule has 0 N–H and O–H groups in total. The van der Waals surface area contributed by atoms with Gasteiger partial charge >= 0.3 is 0 Å². The number of aromatic nitrogens is 1. The van der Waals surface area contributed by atoms with Crippen molar-refractivity contribution in [3.05, 3.63) is 24.0 Å². The molecule has 4 heteroatoms. The maximum Gasteiger partial charge on any atom is 0.0854 e. The summed E-state index contributed by atoms with van der Waals surface area (Å²) in [5.41, 5.74) is 2.38. The van der Waals surface area contributed by atoms with Crippen LogP contribution in [0.1, 0.15) is 19.4 Å². The molecule has 1 aromatic rings. The minimum atomic E-state index is -0.105. The highest BCUT2D eigenvalue weighted by atomic mass is 79.9. The minimum absolute atomic E-state index is 0.105. The fourth-order valence-electron chi connectivity index (χ4n) is 2.38. The van der Waals surface area contributed by atoms with Crippen molar-refractivity contribution in [1.82, 2.24) is 4.98 Å². The summed E-state index contributed by atoms with van der Waals surface area (Å²) in [5.74, 6) is 0. The number of anilines is 1. The SMILES string of the molecule is Cc1cnccc1N1CC(CBr)OC(C)(C)C1. The van der Waals surface area contributed by atoms with Crippen LogP contribution in [-0.2, 0) is 4.74 Å². The van der Waals surface area contributed by atoms with Crippen molar-refractivity contribution in [1.29, 1.82) is 0 Å². The van der Waals surface area contributed by atoms with E-state index in [9.17, 15) is 0 Å². The Morgan fingerprint density at radius 2 is 2.35 bits per heavy atom. The van der Waals surface area contributed by atoms with Gasteiger partial charge in [0.25, 0.3) is 0 Å². The van der Waals surface area contributed by atoms with E-state index >= 15 is 0 Å². The summed E-state index contributed by atoms with van der Waals surface area (Å²) in [6.07, 6.45) is 4.01. The Hall–Kier alpha value is -0.610. The molecule has 94 valence electrons. The Morgan fingerprint density at radius 3 is 3.00 bits per heavy atom. The molecule has 0 bridgehead atoms. The van der Waals surface area contributed by atoms with Crippen LogP contribution in [0.5, 0.6) is 0 Å². The van der Waals surface area contributed by atoms with Gasteiger partial charge < -0.3 is 9.64 Å². The number of hydrogen-bond acceptors (Lipinski definition) is 3. The van der Waals surface area contributed by atoms with Crippen LogP contribution in [-0.4, -0.2) is 35.1 Å². The summed E-state index contributed by atoms with van der Waals surface area (Å²) in [4.78, 5) is 6.54. The lowest BCUT2D eigenvalue weighted by atomic mass is 10.0. The van der Waals surface area contributed by atoms with E-state index in [4.69, 9.17) is 4.74 Å². The molecule has 1 aromatic heterocycles. The van der Waals surface area contributed by atoms with Crippen molar-refractivity contribution in [2.24, 2.45) is 0 Å². The number of nitrogens with zero attached hydrogens (tertiary/aromatic N) is 2. The molecule has 0 spiro atoms. The van der Waals surface area contributed by atoms with Crippen molar-refractivity contribution in [3.63, 3.8) is 0 Å². The zero-order valence-electron chi connectivity index (χ0n) is 10.6. The number of ether oxygens (including phenoxy) is 1. The predicted molar refractivity (Wildman–Crippen MR) is 73.9 cm³/mol. The molecule has 0 radical (unpaired) electrons. The van der Waals surface area contributed by atoms with Gasteiger partial charge in [-0.15, -0.1) is 0 Å². The second-order valence-electron chi connectivity index (χ2n) is 5.20. The minimum Gasteiger partial charge on any atom is -0.368 e. The zero-order chi connectivity index (χ0) is 12.5. The highest BCUT2D eigenvalue weighted by molar-refractivity contribution is 9.09. The van der Waals surface area contributed by atoms with Crippen LogP contribution in [0.2, 0.25) is 0 Å². The average molecular weight is 299 g/mol. The van der Waals surface area contributed by atoms with Gasteiger partial charge in [-0.05, 0) is 32.4 Å². The van der Waals surface area contributed by atoms with Gasteiger partial charge in [-0.1, -0.05) is 15.9 Å². The predicted octanol–water partition coefficient (Wildman–Crippen LogP) is 2.77. The van der Waals surface area contributed by atoms with E-state index in [1.54, 1.807) is 0 Å². The summed E-state index contributed by atoms with van der Waals surface area (Å²) in [6, 6.07) is 2.09. The van der Waals surface area contributed by atoms with E-state index in [2.05, 4.69) is 52.7 Å². The molecule has 1 unspecified atom stereocenters. The molecule has 17 heavy (non-hydrogen) atoms. The van der Waals surface area contributed by atoms with Gasteiger partial charge in [-0.2, -0.15) is 0 Å². The van der Waals surface area contributed by atoms with Gasteiger partial charge in [0, 0.05) is 36.5 Å². The molecule has 1 aliphatic rings. The van der Waals surface area contributed by atoms with Crippen molar-refractivity contribution in [3.8, 4) is 0 Å². The second kappa shape index (κ2) is 4.94. The van der Waals surface area contributed by atoms with E-state index in [-0.39, 0.29) is 11.7 Å². The van der Waals surface area contributed by atoms with Crippen LogP contribution < -0.4 is 4.90 Å². The molecule has 2 rings (SSSR count). The second-order valence-corrected chi connectivity index (χ2v) is 5.84. The summed E-state index contributed by atoms with van der Waals surface area (Å²) >= 11 is 3.52. The van der Waals surface area contributed by atoms with Crippen molar-refractivity contribution in [2.45, 2.75) is 32.5 Å². The largest absolute Gasteiger partial charge is 0.368 e. The lowest BCUT2D eigenvalue weighted by Gasteiger charge is -2.43. The van der Waals surface area contributed by atoms with Crippen molar-refractivity contribution >= 4 is 21.6 Å². The molecule has 0 aromatic carbocycles. The van der Waals surface area contributed by atoms with Crippen LogP contribution in [0.15, 0.2) is 18.5 Å². The normalized spacial score (nSPS) is 23.8. The van der Waals surface area contributed by atoms with Gasteiger partial charge in [-0.3, -0.25) is 4.98 Å². The number of halogens is 1. The first kappa shape index (κ1) is 12.8.